The van der Waals surface area contributed by atoms with Crippen LogP contribution in [0.2, 0.25) is 15.1 Å². The first kappa shape index (κ1) is 20.2. The number of hydrogen-bond acceptors (Lipinski definition) is 5. The summed E-state index contributed by atoms with van der Waals surface area (Å²) in [7, 11) is 1.20. The number of aromatic nitrogens is 1. The first-order valence-electron chi connectivity index (χ1n) is 7.83. The lowest BCUT2D eigenvalue weighted by Gasteiger charge is -2.05. The Kier molecular flexibility index (Phi) is 6.24. The summed E-state index contributed by atoms with van der Waals surface area (Å²) in [5.74, 6) is -1.34. The highest BCUT2D eigenvalue weighted by atomic mass is 35.5. The van der Waals surface area contributed by atoms with E-state index in [2.05, 4.69) is 10.5 Å². The van der Waals surface area contributed by atoms with Gasteiger partial charge in [0.25, 0.3) is 0 Å². The standard InChI is InChI=1S/C19H12Cl3FN2O3/c1-27-19(26)17-15(7-8-24-14-6-5-10(20)9-12(14)22)28-25-18(17)16-11(21)3-2-4-13(16)23/h2-9,24H,1H3. The molecule has 0 amide bonds. The van der Waals surface area contributed by atoms with E-state index in [-0.39, 0.29) is 27.6 Å². The van der Waals surface area contributed by atoms with Crippen LogP contribution in [-0.4, -0.2) is 18.2 Å². The highest BCUT2D eigenvalue weighted by molar-refractivity contribution is 6.36. The molecule has 0 fully saturated rings. The predicted octanol–water partition coefficient (Wildman–Crippen LogP) is 6.31. The lowest BCUT2D eigenvalue weighted by atomic mass is 10.1. The van der Waals surface area contributed by atoms with Gasteiger partial charge in [-0.15, -0.1) is 0 Å². The molecule has 1 aromatic heterocycles. The molecule has 0 radical (unpaired) electrons. The second kappa shape index (κ2) is 8.65. The zero-order valence-electron chi connectivity index (χ0n) is 14.3. The first-order chi connectivity index (χ1) is 13.4. The molecule has 9 heteroatoms. The van der Waals surface area contributed by atoms with Crippen molar-refractivity contribution in [1.82, 2.24) is 5.16 Å². The second-order valence-corrected chi connectivity index (χ2v) is 6.71. The molecule has 0 bridgehead atoms. The van der Waals surface area contributed by atoms with Crippen molar-refractivity contribution in [1.29, 1.82) is 0 Å². The summed E-state index contributed by atoms with van der Waals surface area (Å²) in [6.07, 6.45) is 2.91. The van der Waals surface area contributed by atoms with Gasteiger partial charge in [-0.2, -0.15) is 0 Å². The third-order valence-corrected chi connectivity index (χ3v) is 4.58. The molecule has 0 aliphatic heterocycles. The van der Waals surface area contributed by atoms with Crippen molar-refractivity contribution in [3.8, 4) is 11.3 Å². The Morgan fingerprint density at radius 1 is 1.21 bits per heavy atom. The molecule has 28 heavy (non-hydrogen) atoms. The van der Waals surface area contributed by atoms with Crippen LogP contribution in [0.15, 0.2) is 47.1 Å². The molecule has 1 heterocycles. The number of carbonyl (C=O) groups excluding carboxylic acids is 1. The van der Waals surface area contributed by atoms with Gasteiger partial charge in [0.15, 0.2) is 5.76 Å². The van der Waals surface area contributed by atoms with Gasteiger partial charge in [0.1, 0.15) is 17.1 Å². The third-order valence-electron chi connectivity index (χ3n) is 3.71. The zero-order chi connectivity index (χ0) is 20.3. The van der Waals surface area contributed by atoms with E-state index in [1.54, 1.807) is 18.2 Å². The van der Waals surface area contributed by atoms with Crippen LogP contribution in [0.5, 0.6) is 0 Å². The third kappa shape index (κ3) is 4.14. The number of nitrogens with one attached hydrogen (secondary N) is 1. The number of benzene rings is 2. The second-order valence-electron chi connectivity index (χ2n) is 5.46. The van der Waals surface area contributed by atoms with Crippen molar-refractivity contribution in [3.63, 3.8) is 0 Å². The summed E-state index contributed by atoms with van der Waals surface area (Å²) in [5, 5.41) is 7.72. The molecule has 3 rings (SSSR count). The number of halogens is 4. The van der Waals surface area contributed by atoms with Crippen LogP contribution in [0.4, 0.5) is 10.1 Å². The van der Waals surface area contributed by atoms with Crippen LogP contribution in [0, 0.1) is 5.82 Å². The van der Waals surface area contributed by atoms with Crippen LogP contribution in [0.1, 0.15) is 16.1 Å². The van der Waals surface area contributed by atoms with Crippen molar-refractivity contribution in [2.45, 2.75) is 0 Å². The van der Waals surface area contributed by atoms with Gasteiger partial charge >= 0.3 is 5.97 Å². The van der Waals surface area contributed by atoms with E-state index in [4.69, 9.17) is 44.1 Å². The fraction of sp³-hybridized carbons (Fsp3) is 0.0526. The van der Waals surface area contributed by atoms with Gasteiger partial charge in [0.05, 0.1) is 28.4 Å². The van der Waals surface area contributed by atoms with Gasteiger partial charge in [0, 0.05) is 17.3 Å². The zero-order valence-corrected chi connectivity index (χ0v) is 16.6. The Balaban J connectivity index is 1.98. The van der Waals surface area contributed by atoms with Crippen LogP contribution in [0.25, 0.3) is 17.3 Å². The SMILES string of the molecule is COC(=O)c1c(-c2c(F)cccc2Cl)noc1C=CNc1ccc(Cl)cc1Cl. The minimum atomic E-state index is -0.750. The Morgan fingerprint density at radius 2 is 2.00 bits per heavy atom. The molecule has 144 valence electrons. The fourth-order valence-corrected chi connectivity index (χ4v) is 3.14. The minimum Gasteiger partial charge on any atom is -0.465 e. The number of carbonyl (C=O) groups is 1. The quantitative estimate of drug-likeness (QED) is 0.470. The number of esters is 1. The summed E-state index contributed by atoms with van der Waals surface area (Å²) >= 11 is 18.0. The van der Waals surface area contributed by atoms with E-state index >= 15 is 0 Å². The molecule has 2 aromatic carbocycles. The maximum Gasteiger partial charge on any atom is 0.344 e. The number of methoxy groups -OCH3 is 1. The Bertz CT molecular complexity index is 1050. The smallest absolute Gasteiger partial charge is 0.344 e. The van der Waals surface area contributed by atoms with E-state index in [1.807, 2.05) is 0 Å². The molecule has 0 aliphatic carbocycles. The topological polar surface area (TPSA) is 64.4 Å². The highest BCUT2D eigenvalue weighted by Crippen LogP contribution is 2.34. The molecular formula is C19H12Cl3FN2O3. The normalized spacial score (nSPS) is 11.0. The van der Waals surface area contributed by atoms with Crippen molar-refractivity contribution in [3.05, 3.63) is 74.8 Å². The number of ether oxygens (including phenoxy) is 1. The van der Waals surface area contributed by atoms with Gasteiger partial charge in [0.2, 0.25) is 0 Å². The molecule has 0 saturated heterocycles. The Hall–Kier alpha value is -2.54. The number of anilines is 1. The van der Waals surface area contributed by atoms with E-state index in [0.717, 1.165) is 0 Å². The summed E-state index contributed by atoms with van der Waals surface area (Å²) in [5.41, 5.74) is 0.411. The average Bonchev–Trinajstić information content (AvgIpc) is 3.06. The first-order valence-corrected chi connectivity index (χ1v) is 8.96. The van der Waals surface area contributed by atoms with Crippen molar-refractivity contribution in [2.75, 3.05) is 12.4 Å². The molecule has 5 nitrogen and oxygen atoms in total. The van der Waals surface area contributed by atoms with Gasteiger partial charge in [-0.3, -0.25) is 0 Å². The highest BCUT2D eigenvalue weighted by Gasteiger charge is 2.26. The summed E-state index contributed by atoms with van der Waals surface area (Å²) < 4.78 is 24.3. The summed E-state index contributed by atoms with van der Waals surface area (Å²) in [6, 6.07) is 9.05. The van der Waals surface area contributed by atoms with Crippen LogP contribution >= 0.6 is 34.8 Å². The van der Waals surface area contributed by atoms with E-state index in [1.165, 1.54) is 37.6 Å². The van der Waals surface area contributed by atoms with Crippen molar-refractivity contribution in [2.24, 2.45) is 0 Å². The van der Waals surface area contributed by atoms with Crippen LogP contribution in [0.3, 0.4) is 0 Å². The molecule has 0 unspecified atom stereocenters. The average molecular weight is 442 g/mol. The Morgan fingerprint density at radius 3 is 2.68 bits per heavy atom. The van der Waals surface area contributed by atoms with E-state index in [0.29, 0.717) is 15.7 Å². The lowest BCUT2D eigenvalue weighted by molar-refractivity contribution is 0.0600. The number of hydrogen-bond donors (Lipinski definition) is 1. The number of rotatable bonds is 5. The van der Waals surface area contributed by atoms with Crippen molar-refractivity contribution >= 4 is 52.5 Å². The summed E-state index contributed by atoms with van der Waals surface area (Å²) in [4.78, 5) is 12.3. The Labute approximate surface area is 174 Å². The van der Waals surface area contributed by atoms with E-state index in [9.17, 15) is 9.18 Å². The van der Waals surface area contributed by atoms with Crippen LogP contribution < -0.4 is 5.32 Å². The molecule has 0 atom stereocenters. The molecule has 1 N–H and O–H groups in total. The van der Waals surface area contributed by atoms with E-state index < -0.39 is 11.8 Å². The maximum atomic E-state index is 14.3. The largest absolute Gasteiger partial charge is 0.465 e. The lowest BCUT2D eigenvalue weighted by Crippen LogP contribution is -2.04. The fourth-order valence-electron chi connectivity index (χ4n) is 2.42. The molecule has 0 saturated carbocycles. The predicted molar refractivity (Wildman–Crippen MR) is 107 cm³/mol. The minimum absolute atomic E-state index is 0.0540. The molecule has 3 aromatic rings. The molecule has 0 aliphatic rings. The number of nitrogens with zero attached hydrogens (tertiary/aromatic N) is 1. The van der Waals surface area contributed by atoms with Gasteiger partial charge < -0.3 is 14.6 Å². The maximum absolute atomic E-state index is 14.3. The van der Waals surface area contributed by atoms with Gasteiger partial charge in [-0.05, 0) is 30.3 Å². The molecular weight excluding hydrogens is 430 g/mol. The van der Waals surface area contributed by atoms with Crippen molar-refractivity contribution < 1.29 is 18.4 Å². The summed E-state index contributed by atoms with van der Waals surface area (Å²) in [6.45, 7) is 0. The van der Waals surface area contributed by atoms with Crippen LogP contribution in [-0.2, 0) is 4.74 Å². The van der Waals surface area contributed by atoms with Gasteiger partial charge in [-0.25, -0.2) is 9.18 Å². The molecule has 0 spiro atoms. The van der Waals surface area contributed by atoms with Gasteiger partial charge in [-0.1, -0.05) is 46.0 Å². The monoisotopic (exact) mass is 440 g/mol.